The van der Waals surface area contributed by atoms with Crippen molar-refractivity contribution in [3.05, 3.63) is 59.8 Å². The van der Waals surface area contributed by atoms with Gasteiger partial charge in [-0.3, -0.25) is 0 Å². The van der Waals surface area contributed by atoms with Crippen LogP contribution in [0.2, 0.25) is 0 Å². The molecule has 4 rings (SSSR count). The van der Waals surface area contributed by atoms with Gasteiger partial charge in [-0.15, -0.1) is 0 Å². The number of aryl methyl sites for hydroxylation is 1. The smallest absolute Gasteiger partial charge is 0.423 e. The highest BCUT2D eigenvalue weighted by Crippen LogP contribution is 2.28. The fourth-order valence-corrected chi connectivity index (χ4v) is 4.54. The number of hydrogen-bond donors (Lipinski definition) is 4. The van der Waals surface area contributed by atoms with Gasteiger partial charge in [0, 0.05) is 12.2 Å². The molecule has 0 aliphatic rings. The molecule has 2 heterocycles. The van der Waals surface area contributed by atoms with Crippen LogP contribution in [0.5, 0.6) is 5.88 Å². The van der Waals surface area contributed by atoms with Crippen LogP contribution in [0.3, 0.4) is 0 Å². The van der Waals surface area contributed by atoms with Crippen LogP contribution in [-0.2, 0) is 17.6 Å². The van der Waals surface area contributed by atoms with Crippen molar-refractivity contribution in [2.75, 3.05) is 30.3 Å². The van der Waals surface area contributed by atoms with Gasteiger partial charge in [0.1, 0.15) is 5.69 Å². The minimum Gasteiger partial charge on any atom is -0.493 e. The third kappa shape index (κ3) is 6.09. The van der Waals surface area contributed by atoms with E-state index in [-0.39, 0.29) is 18.4 Å². The molecule has 4 aromatic rings. The Morgan fingerprint density at radius 3 is 2.66 bits per heavy atom. The highest BCUT2D eigenvalue weighted by molar-refractivity contribution is 7.22. The Hall–Kier alpha value is -3.63. The lowest BCUT2D eigenvalue weighted by molar-refractivity contribution is 0.152. The highest BCUT2D eigenvalue weighted by Gasteiger charge is 2.22. The highest BCUT2D eigenvalue weighted by atomic mass is 32.1. The number of ether oxygens (including phenoxy) is 1. The largest absolute Gasteiger partial charge is 0.493 e. The van der Waals surface area contributed by atoms with Crippen molar-refractivity contribution in [3.63, 3.8) is 0 Å². The first-order valence-electron chi connectivity index (χ1n) is 11.7. The summed E-state index contributed by atoms with van der Waals surface area (Å²) >= 11 is 1.65. The van der Waals surface area contributed by atoms with Gasteiger partial charge in [-0.05, 0) is 69.0 Å². The lowest BCUT2D eigenvalue weighted by Crippen LogP contribution is -2.15. The number of nitrogens with two attached hydrogens (primary N) is 1. The zero-order valence-electron chi connectivity index (χ0n) is 19.7. The molecule has 35 heavy (non-hydrogen) atoms. The molecule has 0 atom stereocenters. The maximum absolute atomic E-state index is 12.4. The van der Waals surface area contributed by atoms with Gasteiger partial charge in [0.05, 0.1) is 16.8 Å². The Morgan fingerprint density at radius 2 is 1.91 bits per heavy atom. The minimum atomic E-state index is -0.678. The Bertz CT molecular complexity index is 1240. The molecule has 0 fully saturated rings. The third-order valence-corrected chi connectivity index (χ3v) is 6.43. The molecule has 0 saturated heterocycles. The van der Waals surface area contributed by atoms with Crippen LogP contribution in [0, 0.1) is 0 Å². The Labute approximate surface area is 208 Å². The number of nitrogens with one attached hydrogen (secondary N) is 2. The number of para-hydroxylation sites is 1. The number of imidazole rings is 1. The monoisotopic (exact) mass is 494 g/mol. The summed E-state index contributed by atoms with van der Waals surface area (Å²) in [5.41, 5.74) is 8.91. The zero-order valence-corrected chi connectivity index (χ0v) is 20.5. The van der Waals surface area contributed by atoms with Crippen LogP contribution in [0.25, 0.3) is 10.2 Å². The maximum atomic E-state index is 12.4. The molecule has 5 N–H and O–H groups in total. The number of aromatic hydroxyl groups is 1. The zero-order chi connectivity index (χ0) is 24.6. The normalized spacial score (nSPS) is 11.0. The minimum absolute atomic E-state index is 0.193. The summed E-state index contributed by atoms with van der Waals surface area (Å²) in [7, 11) is 0. The van der Waals surface area contributed by atoms with Crippen LogP contribution < -0.4 is 16.4 Å². The van der Waals surface area contributed by atoms with Crippen molar-refractivity contribution in [2.45, 2.75) is 32.6 Å². The van der Waals surface area contributed by atoms with Crippen LogP contribution >= 0.6 is 11.3 Å². The van der Waals surface area contributed by atoms with E-state index in [4.69, 9.17) is 10.5 Å². The van der Waals surface area contributed by atoms with E-state index in [0.717, 1.165) is 52.3 Å². The van der Waals surface area contributed by atoms with Crippen molar-refractivity contribution in [1.82, 2.24) is 14.5 Å². The average molecular weight is 495 g/mol. The van der Waals surface area contributed by atoms with Gasteiger partial charge in [-0.25, -0.2) is 14.8 Å². The van der Waals surface area contributed by atoms with Crippen LogP contribution in [0.4, 0.5) is 21.6 Å². The number of carbonyl (C=O) groups is 1. The van der Waals surface area contributed by atoms with E-state index in [1.165, 1.54) is 4.70 Å². The second-order valence-electron chi connectivity index (χ2n) is 7.97. The number of benzene rings is 2. The first kappa shape index (κ1) is 24.5. The van der Waals surface area contributed by atoms with Gasteiger partial charge < -0.3 is 26.2 Å². The number of rotatable bonds is 11. The van der Waals surface area contributed by atoms with E-state index >= 15 is 0 Å². The lowest BCUT2D eigenvalue weighted by atomic mass is 10.1. The van der Waals surface area contributed by atoms with Gasteiger partial charge in [-0.1, -0.05) is 35.6 Å². The molecule has 0 amide bonds. The number of carbonyl (C=O) groups excluding carboxylic acids is 1. The Kier molecular flexibility index (Phi) is 8.17. The molecule has 184 valence electrons. The molecule has 2 aromatic heterocycles. The number of aromatic nitrogens is 3. The van der Waals surface area contributed by atoms with Gasteiger partial charge in [0.25, 0.3) is 0 Å². The van der Waals surface area contributed by atoms with E-state index in [0.29, 0.717) is 18.7 Å². The van der Waals surface area contributed by atoms with Crippen molar-refractivity contribution in [1.29, 1.82) is 0 Å². The summed E-state index contributed by atoms with van der Waals surface area (Å²) < 4.78 is 7.33. The van der Waals surface area contributed by atoms with Crippen LogP contribution in [0.15, 0.2) is 48.5 Å². The van der Waals surface area contributed by atoms with Crippen LogP contribution in [0.1, 0.15) is 31.0 Å². The first-order chi connectivity index (χ1) is 17.1. The van der Waals surface area contributed by atoms with Gasteiger partial charge >= 0.3 is 6.09 Å². The maximum Gasteiger partial charge on any atom is 0.423 e. The van der Waals surface area contributed by atoms with Crippen molar-refractivity contribution in [2.24, 2.45) is 5.73 Å². The van der Waals surface area contributed by atoms with Gasteiger partial charge in [-0.2, -0.15) is 4.57 Å². The van der Waals surface area contributed by atoms with Gasteiger partial charge in [0.15, 0.2) is 5.13 Å². The molecule has 0 bridgehead atoms. The molecule has 2 aromatic carbocycles. The predicted molar refractivity (Wildman–Crippen MR) is 140 cm³/mol. The molecule has 0 radical (unpaired) electrons. The molecule has 0 spiro atoms. The number of fused-ring (bicyclic) bond motifs is 1. The molecule has 9 nitrogen and oxygen atoms in total. The number of unbranched alkanes of at least 4 members (excludes halogenated alkanes) is 1. The van der Waals surface area contributed by atoms with Gasteiger partial charge in [0.2, 0.25) is 11.8 Å². The van der Waals surface area contributed by atoms with Crippen molar-refractivity contribution < 1.29 is 14.6 Å². The van der Waals surface area contributed by atoms with E-state index in [1.54, 1.807) is 18.3 Å². The quantitative estimate of drug-likeness (QED) is 0.217. The lowest BCUT2D eigenvalue weighted by Gasteiger charge is -2.10. The number of hydrogen-bond acceptors (Lipinski definition) is 9. The summed E-state index contributed by atoms with van der Waals surface area (Å²) in [6, 6.07) is 16.0. The fraction of sp³-hybridized carbons (Fsp3) is 0.320. The topological polar surface area (TPSA) is 127 Å². The number of anilines is 3. The van der Waals surface area contributed by atoms with E-state index < -0.39 is 6.09 Å². The van der Waals surface area contributed by atoms with E-state index in [1.807, 2.05) is 42.5 Å². The van der Waals surface area contributed by atoms with E-state index in [9.17, 15) is 9.90 Å². The standard InChI is InChI=1S/C25H30N6O3S/c1-2-34-25(33)31-22(32)20(8-5-6-15-26)29-23(31)28-18-12-10-17(11-13-18)14-16-27-24-30-19-7-3-4-9-21(19)35-24/h3-4,7,9-13,32H,2,5-6,8,14-16,26H2,1H3,(H,27,30)(H,28,29). The summed E-state index contributed by atoms with van der Waals surface area (Å²) in [6.45, 7) is 3.23. The fourth-order valence-electron chi connectivity index (χ4n) is 3.65. The molecule has 0 aliphatic carbocycles. The van der Waals surface area contributed by atoms with Crippen molar-refractivity contribution >= 4 is 44.4 Å². The molecule has 0 aliphatic heterocycles. The predicted octanol–water partition coefficient (Wildman–Crippen LogP) is 4.88. The SMILES string of the molecule is CCOC(=O)n1c(Nc2ccc(CCNc3nc4ccccc4s3)cc2)nc(CCCCN)c1O. The average Bonchev–Trinajstić information content (AvgIpc) is 3.40. The first-order valence-corrected chi connectivity index (χ1v) is 12.5. The van der Waals surface area contributed by atoms with E-state index in [2.05, 4.69) is 26.7 Å². The van der Waals surface area contributed by atoms with Crippen molar-refractivity contribution in [3.8, 4) is 5.88 Å². The summed E-state index contributed by atoms with van der Waals surface area (Å²) in [5.74, 6) is 0.00876. The molecule has 0 saturated carbocycles. The summed E-state index contributed by atoms with van der Waals surface area (Å²) in [5, 5.41) is 18.0. The summed E-state index contributed by atoms with van der Waals surface area (Å²) in [6.07, 6.45) is 2.25. The molecular weight excluding hydrogens is 464 g/mol. The number of thiazole rings is 1. The Morgan fingerprint density at radius 1 is 1.11 bits per heavy atom. The summed E-state index contributed by atoms with van der Waals surface area (Å²) in [4.78, 5) is 21.5. The second kappa shape index (κ2) is 11.7. The third-order valence-electron chi connectivity index (χ3n) is 5.43. The molecule has 10 heteroatoms. The second-order valence-corrected chi connectivity index (χ2v) is 9.00. The molecular formula is C25H30N6O3S. The van der Waals surface area contributed by atoms with Crippen LogP contribution in [-0.4, -0.2) is 45.4 Å². The Balaban J connectivity index is 1.39. The number of nitrogens with zero attached hydrogens (tertiary/aromatic N) is 3. The molecule has 0 unspecified atom stereocenters.